The molecule has 1 fully saturated rings. The predicted molar refractivity (Wildman–Crippen MR) is 92.1 cm³/mol. The van der Waals surface area contributed by atoms with Crippen LogP contribution in [0.3, 0.4) is 0 Å². The van der Waals surface area contributed by atoms with Crippen LogP contribution in [0, 0.1) is 0 Å². The molecule has 1 heterocycles. The molecule has 23 heavy (non-hydrogen) atoms. The first-order chi connectivity index (χ1) is 11.0. The van der Waals surface area contributed by atoms with Crippen molar-refractivity contribution in [3.8, 4) is 5.75 Å². The van der Waals surface area contributed by atoms with Gasteiger partial charge in [-0.3, -0.25) is 4.72 Å². The largest absolute Gasteiger partial charge is 0.490 e. The number of nitrogens with one attached hydrogen (secondary N) is 1. The Morgan fingerprint density at radius 2 is 1.78 bits per heavy atom. The molecule has 122 valence electrons. The van der Waals surface area contributed by atoms with E-state index in [-0.39, 0.29) is 11.0 Å². The molecule has 0 saturated heterocycles. The molecule has 0 atom stereocenters. The van der Waals surface area contributed by atoms with Crippen molar-refractivity contribution < 1.29 is 13.2 Å². The minimum absolute atomic E-state index is 0.194. The van der Waals surface area contributed by atoms with Crippen molar-refractivity contribution in [1.82, 2.24) is 4.98 Å². The van der Waals surface area contributed by atoms with E-state index < -0.39 is 10.0 Å². The van der Waals surface area contributed by atoms with Crippen LogP contribution in [0.25, 0.3) is 0 Å². The average molecular weight is 397 g/mol. The Bertz CT molecular complexity index is 755. The average Bonchev–Trinajstić information content (AvgIpc) is 3.03. The van der Waals surface area contributed by atoms with Gasteiger partial charge in [0.15, 0.2) is 0 Å². The number of hydrogen-bond acceptors (Lipinski definition) is 4. The summed E-state index contributed by atoms with van der Waals surface area (Å²) >= 11 is 3.21. The fraction of sp³-hybridized carbons (Fsp3) is 0.312. The fourth-order valence-electron chi connectivity index (χ4n) is 2.55. The summed E-state index contributed by atoms with van der Waals surface area (Å²) in [6.07, 6.45) is 6.24. The van der Waals surface area contributed by atoms with E-state index in [0.717, 1.165) is 12.8 Å². The van der Waals surface area contributed by atoms with Gasteiger partial charge in [0.25, 0.3) is 10.0 Å². The maximum atomic E-state index is 12.4. The van der Waals surface area contributed by atoms with Gasteiger partial charge in [-0.05, 0) is 78.0 Å². The van der Waals surface area contributed by atoms with E-state index in [4.69, 9.17) is 4.74 Å². The lowest BCUT2D eigenvalue weighted by atomic mass is 10.3. The molecule has 7 heteroatoms. The second kappa shape index (κ2) is 6.88. The lowest BCUT2D eigenvalue weighted by Crippen LogP contribution is -2.14. The number of aromatic nitrogens is 1. The highest BCUT2D eigenvalue weighted by molar-refractivity contribution is 9.10. The third-order valence-electron chi connectivity index (χ3n) is 3.72. The molecule has 1 aromatic heterocycles. The molecule has 1 aromatic carbocycles. The molecule has 1 aliphatic rings. The normalized spacial score (nSPS) is 15.5. The molecule has 5 nitrogen and oxygen atoms in total. The number of hydrogen-bond donors (Lipinski definition) is 1. The lowest BCUT2D eigenvalue weighted by Gasteiger charge is -2.13. The van der Waals surface area contributed by atoms with Crippen LogP contribution in [0.5, 0.6) is 5.75 Å². The monoisotopic (exact) mass is 396 g/mol. The Balaban J connectivity index is 1.70. The van der Waals surface area contributed by atoms with Gasteiger partial charge in [0.05, 0.1) is 22.9 Å². The Kier molecular flexibility index (Phi) is 4.87. The van der Waals surface area contributed by atoms with Crippen LogP contribution in [-0.4, -0.2) is 19.5 Å². The summed E-state index contributed by atoms with van der Waals surface area (Å²) < 4.78 is 33.7. The summed E-state index contributed by atoms with van der Waals surface area (Å²) in [6.45, 7) is 0. The number of halogens is 1. The summed E-state index contributed by atoms with van der Waals surface area (Å²) in [5.41, 5.74) is 0.416. The van der Waals surface area contributed by atoms with Crippen molar-refractivity contribution in [3.05, 3.63) is 47.2 Å². The third-order valence-corrected chi connectivity index (χ3v) is 5.58. The zero-order valence-electron chi connectivity index (χ0n) is 12.4. The molecule has 1 N–H and O–H groups in total. The first kappa shape index (κ1) is 16.3. The summed E-state index contributed by atoms with van der Waals surface area (Å²) in [5, 5.41) is 0. The van der Waals surface area contributed by atoms with Crippen LogP contribution in [-0.2, 0) is 10.0 Å². The number of anilines is 1. The van der Waals surface area contributed by atoms with Crippen molar-refractivity contribution in [2.24, 2.45) is 0 Å². The van der Waals surface area contributed by atoms with Crippen molar-refractivity contribution >= 4 is 31.6 Å². The van der Waals surface area contributed by atoms with Crippen LogP contribution >= 0.6 is 15.9 Å². The van der Waals surface area contributed by atoms with E-state index >= 15 is 0 Å². The summed E-state index contributed by atoms with van der Waals surface area (Å²) in [5.74, 6) is 0.709. The van der Waals surface area contributed by atoms with Crippen molar-refractivity contribution in [2.75, 3.05) is 4.72 Å². The smallest absolute Gasteiger partial charge is 0.261 e. The second-order valence-electron chi connectivity index (χ2n) is 5.47. The number of rotatable bonds is 5. The Morgan fingerprint density at radius 1 is 1.09 bits per heavy atom. The molecule has 0 spiro atoms. The molecule has 1 aliphatic carbocycles. The zero-order chi connectivity index (χ0) is 16.3. The number of pyridine rings is 1. The number of benzene rings is 1. The summed E-state index contributed by atoms with van der Waals surface area (Å²) in [6, 6.07) is 9.83. The first-order valence-corrected chi connectivity index (χ1v) is 9.72. The Labute approximate surface area is 144 Å². The van der Waals surface area contributed by atoms with Crippen molar-refractivity contribution in [1.29, 1.82) is 0 Å². The topological polar surface area (TPSA) is 68.3 Å². The van der Waals surface area contributed by atoms with E-state index in [1.54, 1.807) is 36.4 Å². The molecule has 0 amide bonds. The molecule has 0 bridgehead atoms. The number of ether oxygens (including phenoxy) is 1. The third kappa shape index (κ3) is 4.23. The van der Waals surface area contributed by atoms with Crippen molar-refractivity contribution in [2.45, 2.75) is 36.7 Å². The number of nitrogens with zero attached hydrogens (tertiary/aromatic N) is 1. The van der Waals surface area contributed by atoms with Gasteiger partial charge in [0.2, 0.25) is 0 Å². The maximum absolute atomic E-state index is 12.4. The molecular formula is C16H17BrN2O3S. The predicted octanol–water partition coefficient (Wildman–Crippen LogP) is 3.97. The van der Waals surface area contributed by atoms with Gasteiger partial charge in [-0.15, -0.1) is 0 Å². The SMILES string of the molecule is O=S(=O)(Nc1ccc(Br)nc1)c1ccc(OC2CCCC2)cc1. The summed E-state index contributed by atoms with van der Waals surface area (Å²) in [7, 11) is -3.63. The molecule has 1 saturated carbocycles. The Hall–Kier alpha value is -1.60. The highest BCUT2D eigenvalue weighted by atomic mass is 79.9. The minimum atomic E-state index is -3.63. The van der Waals surface area contributed by atoms with Gasteiger partial charge >= 0.3 is 0 Å². The fourth-order valence-corrected chi connectivity index (χ4v) is 3.82. The van der Waals surface area contributed by atoms with Gasteiger partial charge in [-0.2, -0.15) is 0 Å². The van der Waals surface area contributed by atoms with Crippen LogP contribution < -0.4 is 9.46 Å². The molecule has 2 aromatic rings. The van der Waals surface area contributed by atoms with Crippen LogP contribution in [0.1, 0.15) is 25.7 Å². The Morgan fingerprint density at radius 3 is 2.39 bits per heavy atom. The second-order valence-corrected chi connectivity index (χ2v) is 7.97. The quantitative estimate of drug-likeness (QED) is 0.776. The number of sulfonamides is 1. The zero-order valence-corrected chi connectivity index (χ0v) is 14.8. The molecule has 0 aliphatic heterocycles. The van der Waals surface area contributed by atoms with E-state index in [9.17, 15) is 8.42 Å². The van der Waals surface area contributed by atoms with Crippen LogP contribution in [0.4, 0.5) is 5.69 Å². The maximum Gasteiger partial charge on any atom is 0.261 e. The highest BCUT2D eigenvalue weighted by Gasteiger charge is 2.18. The van der Waals surface area contributed by atoms with Crippen LogP contribution in [0.2, 0.25) is 0 Å². The van der Waals surface area contributed by atoms with Gasteiger partial charge in [-0.1, -0.05) is 0 Å². The van der Waals surface area contributed by atoms with E-state index in [1.807, 2.05) is 0 Å². The van der Waals surface area contributed by atoms with Gasteiger partial charge < -0.3 is 4.74 Å². The molecular weight excluding hydrogens is 380 g/mol. The first-order valence-electron chi connectivity index (χ1n) is 7.44. The van der Waals surface area contributed by atoms with Crippen molar-refractivity contribution in [3.63, 3.8) is 0 Å². The van der Waals surface area contributed by atoms with Crippen LogP contribution in [0.15, 0.2) is 52.1 Å². The lowest BCUT2D eigenvalue weighted by molar-refractivity contribution is 0.210. The minimum Gasteiger partial charge on any atom is -0.490 e. The van der Waals surface area contributed by atoms with E-state index in [1.165, 1.54) is 19.0 Å². The van der Waals surface area contributed by atoms with E-state index in [2.05, 4.69) is 25.6 Å². The highest BCUT2D eigenvalue weighted by Crippen LogP contribution is 2.25. The molecule has 3 rings (SSSR count). The van der Waals surface area contributed by atoms with Gasteiger partial charge in [0.1, 0.15) is 10.4 Å². The standard InChI is InChI=1S/C16H17BrN2O3S/c17-16-10-5-12(11-18-16)19-23(20,21)15-8-6-14(7-9-15)22-13-3-1-2-4-13/h5-11,13,19H,1-4H2. The molecule has 0 unspecified atom stereocenters. The van der Waals surface area contributed by atoms with Gasteiger partial charge in [-0.25, -0.2) is 13.4 Å². The van der Waals surface area contributed by atoms with Gasteiger partial charge in [0, 0.05) is 0 Å². The van der Waals surface area contributed by atoms with E-state index in [0.29, 0.717) is 16.0 Å². The molecule has 0 radical (unpaired) electrons. The summed E-state index contributed by atoms with van der Waals surface area (Å²) in [4.78, 5) is 4.19.